The number of hydrogen-bond donors (Lipinski definition) is 0. The molecule has 0 bridgehead atoms. The molecule has 4 nitrogen and oxygen atoms in total. The summed E-state index contributed by atoms with van der Waals surface area (Å²) in [6.45, 7) is 1.51. The van der Waals surface area contributed by atoms with Crippen LogP contribution in [0.4, 0.5) is 0 Å². The third kappa shape index (κ3) is 5.96. The van der Waals surface area contributed by atoms with Crippen molar-refractivity contribution in [3.8, 4) is 0 Å². The molecule has 5 heteroatoms. The number of benzene rings is 1. The van der Waals surface area contributed by atoms with E-state index >= 15 is 0 Å². The third-order valence-corrected chi connectivity index (χ3v) is 4.47. The summed E-state index contributed by atoms with van der Waals surface area (Å²) in [7, 11) is 1.79. The van der Waals surface area contributed by atoms with Gasteiger partial charge in [-0.25, -0.2) is 0 Å². The number of amides is 1. The summed E-state index contributed by atoms with van der Waals surface area (Å²) in [6, 6.07) is 6.76. The monoisotopic (exact) mass is 337 g/mol. The van der Waals surface area contributed by atoms with Crippen LogP contribution in [-0.2, 0) is 9.53 Å². The lowest BCUT2D eigenvalue weighted by molar-refractivity contribution is -0.130. The van der Waals surface area contributed by atoms with Gasteiger partial charge in [0.2, 0.25) is 5.91 Å². The predicted octanol–water partition coefficient (Wildman–Crippen LogP) is 3.72. The maximum absolute atomic E-state index is 12.1. The van der Waals surface area contributed by atoms with Gasteiger partial charge in [0, 0.05) is 43.6 Å². The molecule has 0 spiro atoms. The van der Waals surface area contributed by atoms with Gasteiger partial charge in [0.25, 0.3) is 0 Å². The summed E-state index contributed by atoms with van der Waals surface area (Å²) in [5, 5.41) is 0.599. The highest BCUT2D eigenvalue weighted by Gasteiger charge is 2.17. The molecule has 1 aromatic rings. The van der Waals surface area contributed by atoms with Gasteiger partial charge in [-0.2, -0.15) is 0 Å². The van der Waals surface area contributed by atoms with E-state index in [1.54, 1.807) is 36.2 Å². The lowest BCUT2D eigenvalue weighted by atomic mass is 10.1. The number of carbonyl (C=O) groups excluding carboxylic acids is 2. The Bertz CT molecular complexity index is 524. The van der Waals surface area contributed by atoms with E-state index in [1.165, 1.54) is 6.42 Å². The number of carbonyl (C=O) groups is 2. The van der Waals surface area contributed by atoms with E-state index in [2.05, 4.69) is 0 Å². The Balaban J connectivity index is 1.70. The van der Waals surface area contributed by atoms with Crippen LogP contribution in [0.5, 0.6) is 0 Å². The Morgan fingerprint density at radius 1 is 1.22 bits per heavy atom. The Hall–Kier alpha value is -1.39. The first-order valence-corrected chi connectivity index (χ1v) is 8.58. The van der Waals surface area contributed by atoms with Crippen LogP contribution in [-0.4, -0.2) is 42.9 Å². The second-order valence-electron chi connectivity index (χ2n) is 6.02. The van der Waals surface area contributed by atoms with Gasteiger partial charge >= 0.3 is 0 Å². The molecular weight excluding hydrogens is 314 g/mol. The third-order valence-electron chi connectivity index (χ3n) is 4.22. The molecule has 1 amide bonds. The molecule has 0 N–H and O–H groups in total. The highest BCUT2D eigenvalue weighted by molar-refractivity contribution is 6.30. The molecule has 1 saturated heterocycles. The van der Waals surface area contributed by atoms with Gasteiger partial charge in [0.05, 0.1) is 6.10 Å². The van der Waals surface area contributed by atoms with Gasteiger partial charge in [-0.15, -0.1) is 0 Å². The zero-order valence-corrected chi connectivity index (χ0v) is 14.3. The molecule has 0 saturated carbocycles. The predicted molar refractivity (Wildman–Crippen MR) is 90.9 cm³/mol. The van der Waals surface area contributed by atoms with Crippen LogP contribution in [0.1, 0.15) is 48.9 Å². The first-order valence-electron chi connectivity index (χ1n) is 8.20. The number of halogens is 1. The second-order valence-corrected chi connectivity index (χ2v) is 6.46. The maximum atomic E-state index is 12.1. The van der Waals surface area contributed by atoms with Gasteiger partial charge < -0.3 is 9.64 Å². The number of hydrogen-bond acceptors (Lipinski definition) is 3. The average Bonchev–Trinajstić information content (AvgIpc) is 2.58. The van der Waals surface area contributed by atoms with E-state index < -0.39 is 0 Å². The van der Waals surface area contributed by atoms with Gasteiger partial charge in [0.15, 0.2) is 5.78 Å². The summed E-state index contributed by atoms with van der Waals surface area (Å²) in [5.74, 6) is -0.0258. The Kier molecular flexibility index (Phi) is 7.06. The molecule has 0 aromatic heterocycles. The van der Waals surface area contributed by atoms with Crippen molar-refractivity contribution >= 4 is 23.3 Å². The largest absolute Gasteiger partial charge is 0.378 e. The molecule has 126 valence electrons. The fourth-order valence-electron chi connectivity index (χ4n) is 2.69. The molecule has 0 radical (unpaired) electrons. The molecule has 1 aromatic carbocycles. The van der Waals surface area contributed by atoms with E-state index in [9.17, 15) is 9.59 Å². The van der Waals surface area contributed by atoms with Gasteiger partial charge in [0.1, 0.15) is 0 Å². The molecular formula is C18H24ClNO3. The Labute approximate surface area is 142 Å². The zero-order chi connectivity index (χ0) is 16.7. The summed E-state index contributed by atoms with van der Waals surface area (Å²) < 4.78 is 5.67. The second kappa shape index (κ2) is 9.04. The molecule has 1 heterocycles. The molecule has 1 unspecified atom stereocenters. The average molecular weight is 338 g/mol. The van der Waals surface area contributed by atoms with E-state index in [-0.39, 0.29) is 30.6 Å². The summed E-state index contributed by atoms with van der Waals surface area (Å²) in [6.07, 6.45) is 5.03. The van der Waals surface area contributed by atoms with Crippen molar-refractivity contribution in [3.63, 3.8) is 0 Å². The van der Waals surface area contributed by atoms with Crippen molar-refractivity contribution in [2.24, 2.45) is 0 Å². The first kappa shape index (κ1) is 18.0. The summed E-state index contributed by atoms with van der Waals surface area (Å²) in [4.78, 5) is 25.9. The molecule has 1 fully saturated rings. The first-order chi connectivity index (χ1) is 11.1. The quantitative estimate of drug-likeness (QED) is 0.712. The van der Waals surface area contributed by atoms with Crippen molar-refractivity contribution in [1.82, 2.24) is 4.90 Å². The van der Waals surface area contributed by atoms with E-state index in [0.717, 1.165) is 25.9 Å². The van der Waals surface area contributed by atoms with Gasteiger partial charge in [-0.05, 0) is 49.9 Å². The lowest BCUT2D eigenvalue weighted by Crippen LogP contribution is -2.31. The molecule has 1 aliphatic rings. The minimum atomic E-state index is -0.0287. The number of rotatable bonds is 7. The molecule has 23 heavy (non-hydrogen) atoms. The highest BCUT2D eigenvalue weighted by Crippen LogP contribution is 2.16. The molecule has 1 atom stereocenters. The summed E-state index contributed by atoms with van der Waals surface area (Å²) in [5.41, 5.74) is 0.598. The van der Waals surface area contributed by atoms with Crippen LogP contribution in [0.25, 0.3) is 0 Å². The van der Waals surface area contributed by atoms with Crippen molar-refractivity contribution in [1.29, 1.82) is 0 Å². The minimum Gasteiger partial charge on any atom is -0.378 e. The zero-order valence-electron chi connectivity index (χ0n) is 13.6. The number of nitrogens with zero attached hydrogens (tertiary/aromatic N) is 1. The van der Waals surface area contributed by atoms with Crippen LogP contribution in [0.3, 0.4) is 0 Å². The van der Waals surface area contributed by atoms with Gasteiger partial charge in [-0.1, -0.05) is 11.6 Å². The summed E-state index contributed by atoms with van der Waals surface area (Å²) >= 11 is 5.80. The minimum absolute atomic E-state index is 0.00289. The number of ether oxygens (including phenoxy) is 1. The smallest absolute Gasteiger partial charge is 0.222 e. The Morgan fingerprint density at radius 2 is 1.96 bits per heavy atom. The fourth-order valence-corrected chi connectivity index (χ4v) is 2.81. The van der Waals surface area contributed by atoms with Crippen LogP contribution in [0.15, 0.2) is 24.3 Å². The SMILES string of the molecule is CN(CCC1CCCCO1)C(=O)CCC(=O)c1ccc(Cl)cc1. The highest BCUT2D eigenvalue weighted by atomic mass is 35.5. The topological polar surface area (TPSA) is 46.6 Å². The fraction of sp³-hybridized carbons (Fsp3) is 0.556. The van der Waals surface area contributed by atoms with Crippen LogP contribution < -0.4 is 0 Å². The maximum Gasteiger partial charge on any atom is 0.222 e. The van der Waals surface area contributed by atoms with Gasteiger partial charge in [-0.3, -0.25) is 9.59 Å². The van der Waals surface area contributed by atoms with E-state index in [1.807, 2.05) is 0 Å². The van der Waals surface area contributed by atoms with Crippen molar-refractivity contribution in [3.05, 3.63) is 34.9 Å². The number of ketones is 1. The lowest BCUT2D eigenvalue weighted by Gasteiger charge is -2.25. The standard InChI is InChI=1S/C18H24ClNO3/c1-20(12-11-16-4-2-3-13-23-16)18(22)10-9-17(21)14-5-7-15(19)8-6-14/h5-8,16H,2-4,9-13H2,1H3. The van der Waals surface area contributed by atoms with Crippen molar-refractivity contribution < 1.29 is 14.3 Å². The molecule has 0 aliphatic carbocycles. The normalized spacial score (nSPS) is 17.7. The molecule has 1 aliphatic heterocycles. The van der Waals surface area contributed by atoms with Crippen LogP contribution in [0.2, 0.25) is 5.02 Å². The van der Waals surface area contributed by atoms with E-state index in [4.69, 9.17) is 16.3 Å². The van der Waals surface area contributed by atoms with Crippen LogP contribution >= 0.6 is 11.6 Å². The van der Waals surface area contributed by atoms with E-state index in [0.29, 0.717) is 17.1 Å². The van der Waals surface area contributed by atoms with Crippen molar-refractivity contribution in [2.45, 2.75) is 44.6 Å². The van der Waals surface area contributed by atoms with Crippen LogP contribution in [0, 0.1) is 0 Å². The number of Topliss-reactive ketones (excluding diaryl/α,β-unsaturated/α-hetero) is 1. The Morgan fingerprint density at radius 3 is 2.61 bits per heavy atom. The van der Waals surface area contributed by atoms with Crippen molar-refractivity contribution in [2.75, 3.05) is 20.2 Å². The molecule has 2 rings (SSSR count).